The largest absolute Gasteiger partial charge is 0.355 e. The highest BCUT2D eigenvalue weighted by atomic mass is 14.7. The lowest BCUT2D eigenvalue weighted by Crippen LogP contribution is -1.85. The van der Waals surface area contributed by atoms with Gasteiger partial charge in [0.05, 0.1) is 0 Å². The fourth-order valence-corrected chi connectivity index (χ4v) is 3.96. The van der Waals surface area contributed by atoms with Crippen LogP contribution in [0.5, 0.6) is 0 Å². The molecule has 0 aliphatic carbocycles. The molecule has 0 saturated heterocycles. The van der Waals surface area contributed by atoms with Crippen LogP contribution in [0, 0.1) is 0 Å². The van der Waals surface area contributed by atoms with E-state index in [0.717, 1.165) is 17.8 Å². The summed E-state index contributed by atoms with van der Waals surface area (Å²) < 4.78 is 0. The van der Waals surface area contributed by atoms with Gasteiger partial charge in [-0.05, 0) is 63.2 Å². The maximum absolute atomic E-state index is 3.61. The van der Waals surface area contributed by atoms with Crippen LogP contribution in [0.25, 0.3) is 44.4 Å². The van der Waals surface area contributed by atoms with Crippen molar-refractivity contribution in [3.63, 3.8) is 0 Å². The van der Waals surface area contributed by atoms with Crippen molar-refractivity contribution in [2.75, 3.05) is 0 Å². The molecular weight excluding hydrogens is 350 g/mol. The minimum Gasteiger partial charge on any atom is -0.355 e. The molecule has 29 heavy (non-hydrogen) atoms. The van der Waals surface area contributed by atoms with E-state index in [2.05, 4.69) is 115 Å². The van der Waals surface area contributed by atoms with Crippen LogP contribution in [0.3, 0.4) is 0 Å². The van der Waals surface area contributed by atoms with Gasteiger partial charge in [0.15, 0.2) is 0 Å². The zero-order valence-corrected chi connectivity index (χ0v) is 16.5. The van der Waals surface area contributed by atoms with Gasteiger partial charge in [-0.15, -0.1) is 0 Å². The molecule has 1 heterocycles. The second-order valence-electron chi connectivity index (χ2n) is 7.44. The van der Waals surface area contributed by atoms with Crippen LogP contribution in [0.2, 0.25) is 0 Å². The summed E-state index contributed by atoms with van der Waals surface area (Å²) in [5.41, 5.74) is 8.61. The lowest BCUT2D eigenvalue weighted by atomic mass is 9.96. The summed E-state index contributed by atoms with van der Waals surface area (Å²) in [5, 5.41) is 2.54. The number of H-pyrrole nitrogens is 1. The zero-order valence-electron chi connectivity index (χ0n) is 16.5. The number of fused-ring (bicyclic) bond motifs is 1. The molecule has 0 radical (unpaired) electrons. The maximum Gasteiger partial charge on any atom is 0.0458 e. The minimum absolute atomic E-state index is 1.07. The van der Waals surface area contributed by atoms with Crippen LogP contribution in [0.15, 0.2) is 103 Å². The molecule has 140 valence electrons. The average Bonchev–Trinajstić information content (AvgIpc) is 3.29. The van der Waals surface area contributed by atoms with E-state index < -0.39 is 0 Å². The molecule has 0 saturated carbocycles. The lowest BCUT2D eigenvalue weighted by Gasteiger charge is -2.09. The molecule has 5 aromatic rings. The Morgan fingerprint density at radius 1 is 0.586 bits per heavy atom. The predicted molar refractivity (Wildman–Crippen MR) is 124 cm³/mol. The minimum atomic E-state index is 1.07. The molecule has 0 bridgehead atoms. The zero-order chi connectivity index (χ0) is 19.6. The SMILES string of the molecule is CCc1ccc(-c2ccc(-c3ccc4cccc(-c5ccccc5)c4c3)[nH]2)cc1. The van der Waals surface area contributed by atoms with Crippen LogP contribution in [0.1, 0.15) is 12.5 Å². The molecule has 1 aromatic heterocycles. The van der Waals surface area contributed by atoms with Gasteiger partial charge in [-0.25, -0.2) is 0 Å². The van der Waals surface area contributed by atoms with Crippen molar-refractivity contribution >= 4 is 10.8 Å². The number of aromatic amines is 1. The molecule has 5 rings (SSSR count). The molecule has 0 spiro atoms. The van der Waals surface area contributed by atoms with E-state index in [9.17, 15) is 0 Å². The third-order valence-electron chi connectivity index (χ3n) is 5.64. The molecule has 0 fully saturated rings. The van der Waals surface area contributed by atoms with Gasteiger partial charge >= 0.3 is 0 Å². The summed E-state index contributed by atoms with van der Waals surface area (Å²) in [7, 11) is 0. The van der Waals surface area contributed by atoms with Crippen molar-refractivity contribution in [2.45, 2.75) is 13.3 Å². The molecule has 0 aliphatic rings. The van der Waals surface area contributed by atoms with Crippen molar-refractivity contribution in [1.82, 2.24) is 4.98 Å². The third-order valence-corrected chi connectivity index (χ3v) is 5.64. The van der Waals surface area contributed by atoms with Crippen molar-refractivity contribution in [1.29, 1.82) is 0 Å². The first-order valence-electron chi connectivity index (χ1n) is 10.2. The van der Waals surface area contributed by atoms with E-state index in [1.807, 2.05) is 0 Å². The highest BCUT2D eigenvalue weighted by molar-refractivity contribution is 5.98. The van der Waals surface area contributed by atoms with Crippen molar-refractivity contribution < 1.29 is 0 Å². The van der Waals surface area contributed by atoms with Crippen LogP contribution in [-0.2, 0) is 6.42 Å². The molecule has 0 atom stereocenters. The Morgan fingerprint density at radius 3 is 2.07 bits per heavy atom. The topological polar surface area (TPSA) is 15.8 Å². The van der Waals surface area contributed by atoms with Crippen LogP contribution >= 0.6 is 0 Å². The van der Waals surface area contributed by atoms with Gasteiger partial charge in [0.1, 0.15) is 0 Å². The summed E-state index contributed by atoms with van der Waals surface area (Å²) in [6.07, 6.45) is 1.07. The molecule has 0 aliphatic heterocycles. The second-order valence-corrected chi connectivity index (χ2v) is 7.44. The first kappa shape index (κ1) is 17.5. The monoisotopic (exact) mass is 373 g/mol. The molecule has 4 aromatic carbocycles. The Balaban J connectivity index is 1.56. The highest BCUT2D eigenvalue weighted by Gasteiger charge is 2.08. The second kappa shape index (κ2) is 7.44. The number of hydrogen-bond donors (Lipinski definition) is 1. The summed E-state index contributed by atoms with van der Waals surface area (Å²) in [4.78, 5) is 3.61. The first-order chi connectivity index (χ1) is 14.3. The molecular formula is C28H23N. The highest BCUT2D eigenvalue weighted by Crippen LogP contribution is 2.33. The van der Waals surface area contributed by atoms with E-state index in [1.54, 1.807) is 0 Å². The fraction of sp³-hybridized carbons (Fsp3) is 0.0714. The lowest BCUT2D eigenvalue weighted by molar-refractivity contribution is 1.14. The van der Waals surface area contributed by atoms with Gasteiger partial charge in [-0.1, -0.05) is 91.9 Å². The molecule has 1 N–H and O–H groups in total. The number of benzene rings is 4. The van der Waals surface area contributed by atoms with Crippen LogP contribution in [0.4, 0.5) is 0 Å². The number of hydrogen-bond acceptors (Lipinski definition) is 0. The molecule has 0 amide bonds. The van der Waals surface area contributed by atoms with Crippen molar-refractivity contribution in [3.8, 4) is 33.6 Å². The van der Waals surface area contributed by atoms with E-state index in [4.69, 9.17) is 0 Å². The molecule has 1 heteroatoms. The number of aromatic nitrogens is 1. The average molecular weight is 373 g/mol. The van der Waals surface area contributed by atoms with Crippen LogP contribution < -0.4 is 0 Å². The standard InChI is InChI=1S/C28H23N/c1-2-20-11-13-23(14-12-20)27-17-18-28(29-27)24-16-15-22-9-6-10-25(26(22)19-24)21-7-4-3-5-8-21/h3-19,29H,2H2,1H3. The van der Waals surface area contributed by atoms with Gasteiger partial charge in [0.25, 0.3) is 0 Å². The summed E-state index contributed by atoms with van der Waals surface area (Å²) in [6.45, 7) is 2.19. The Bertz CT molecular complexity index is 1260. The Labute approximate surface area is 171 Å². The van der Waals surface area contributed by atoms with Gasteiger partial charge in [0.2, 0.25) is 0 Å². The summed E-state index contributed by atoms with van der Waals surface area (Å²) in [5.74, 6) is 0. The van der Waals surface area contributed by atoms with Crippen molar-refractivity contribution in [2.24, 2.45) is 0 Å². The van der Waals surface area contributed by atoms with Crippen molar-refractivity contribution in [3.05, 3.63) is 109 Å². The van der Waals surface area contributed by atoms with E-state index in [1.165, 1.54) is 38.6 Å². The van der Waals surface area contributed by atoms with E-state index in [0.29, 0.717) is 0 Å². The van der Waals surface area contributed by atoms with E-state index >= 15 is 0 Å². The van der Waals surface area contributed by atoms with Gasteiger partial charge in [-0.3, -0.25) is 0 Å². The van der Waals surface area contributed by atoms with E-state index in [-0.39, 0.29) is 0 Å². The summed E-state index contributed by atoms with van der Waals surface area (Å²) >= 11 is 0. The number of nitrogens with one attached hydrogen (secondary N) is 1. The third kappa shape index (κ3) is 3.36. The maximum atomic E-state index is 3.61. The smallest absolute Gasteiger partial charge is 0.0458 e. The molecule has 1 nitrogen and oxygen atoms in total. The number of rotatable bonds is 4. The van der Waals surface area contributed by atoms with Gasteiger partial charge in [0, 0.05) is 11.4 Å². The number of aryl methyl sites for hydroxylation is 1. The first-order valence-corrected chi connectivity index (χ1v) is 10.2. The fourth-order valence-electron chi connectivity index (χ4n) is 3.96. The quantitative estimate of drug-likeness (QED) is 0.332. The Morgan fingerprint density at radius 2 is 1.31 bits per heavy atom. The Kier molecular flexibility index (Phi) is 4.50. The summed E-state index contributed by atoms with van der Waals surface area (Å²) in [6, 6.07) is 37.0. The van der Waals surface area contributed by atoms with Crippen LogP contribution in [-0.4, -0.2) is 4.98 Å². The predicted octanol–water partition coefficient (Wildman–Crippen LogP) is 7.73. The normalized spacial score (nSPS) is 11.1. The Hall–Kier alpha value is -3.58. The molecule has 0 unspecified atom stereocenters. The van der Waals surface area contributed by atoms with Gasteiger partial charge < -0.3 is 4.98 Å². The van der Waals surface area contributed by atoms with Gasteiger partial charge in [-0.2, -0.15) is 0 Å².